The summed E-state index contributed by atoms with van der Waals surface area (Å²) in [6, 6.07) is 9.44. The Morgan fingerprint density at radius 1 is 1.25 bits per heavy atom. The van der Waals surface area contributed by atoms with Gasteiger partial charge in [-0.2, -0.15) is 5.10 Å². The molecule has 0 aliphatic rings. The quantitative estimate of drug-likeness (QED) is 0.792. The average molecular weight is 267 g/mol. The maximum Gasteiger partial charge on any atom is 0.354 e. The molecule has 0 radical (unpaired) electrons. The summed E-state index contributed by atoms with van der Waals surface area (Å²) in [5.41, 5.74) is 2.08. The third-order valence-electron chi connectivity index (χ3n) is 3.25. The van der Waals surface area contributed by atoms with Crippen LogP contribution in [0.25, 0.3) is 22.0 Å². The van der Waals surface area contributed by atoms with Crippen LogP contribution in [-0.2, 0) is 6.54 Å². The Hall–Kier alpha value is -2.69. The van der Waals surface area contributed by atoms with Crippen LogP contribution in [0.5, 0.6) is 0 Å². The van der Waals surface area contributed by atoms with Gasteiger partial charge in [-0.05, 0) is 30.5 Å². The highest BCUT2D eigenvalue weighted by Crippen LogP contribution is 2.24. The Morgan fingerprint density at radius 2 is 2.10 bits per heavy atom. The van der Waals surface area contributed by atoms with Gasteiger partial charge in [0.25, 0.3) is 0 Å². The van der Waals surface area contributed by atoms with Gasteiger partial charge < -0.3 is 5.11 Å². The number of hydrogen-bond acceptors (Lipinski definition) is 3. The molecule has 0 aliphatic carbocycles. The monoisotopic (exact) mass is 267 g/mol. The fourth-order valence-electron chi connectivity index (χ4n) is 2.25. The van der Waals surface area contributed by atoms with Crippen molar-refractivity contribution in [2.75, 3.05) is 0 Å². The molecule has 0 atom stereocenters. The van der Waals surface area contributed by atoms with Crippen molar-refractivity contribution in [2.45, 2.75) is 13.5 Å². The molecule has 2 heterocycles. The molecule has 0 fully saturated rings. The Morgan fingerprint density at radius 3 is 2.85 bits per heavy atom. The van der Waals surface area contributed by atoms with Crippen LogP contribution in [0.2, 0.25) is 0 Å². The Bertz CT molecular complexity index is 793. The zero-order chi connectivity index (χ0) is 14.1. The van der Waals surface area contributed by atoms with E-state index in [0.717, 1.165) is 28.6 Å². The lowest BCUT2D eigenvalue weighted by atomic mass is 10.1. The summed E-state index contributed by atoms with van der Waals surface area (Å²) >= 11 is 0. The number of aromatic carboxylic acids is 1. The van der Waals surface area contributed by atoms with E-state index in [-0.39, 0.29) is 5.69 Å². The lowest BCUT2D eigenvalue weighted by Crippen LogP contribution is -2.00. The highest BCUT2D eigenvalue weighted by Gasteiger charge is 2.08. The van der Waals surface area contributed by atoms with E-state index in [0.29, 0.717) is 0 Å². The number of rotatable bonds is 3. The van der Waals surface area contributed by atoms with Crippen LogP contribution >= 0.6 is 0 Å². The van der Waals surface area contributed by atoms with Gasteiger partial charge in [0.15, 0.2) is 0 Å². The molecule has 1 aromatic carbocycles. The molecule has 0 saturated carbocycles. The predicted octanol–water partition coefficient (Wildman–Crippen LogP) is 2.82. The summed E-state index contributed by atoms with van der Waals surface area (Å²) in [6.07, 6.45) is 3.35. The number of carboxylic acids is 1. The number of carbonyl (C=O) groups is 1. The topological polar surface area (TPSA) is 68.0 Å². The number of hydrogen-bond donors (Lipinski definition) is 1. The van der Waals surface area contributed by atoms with Crippen molar-refractivity contribution in [3.8, 4) is 11.3 Å². The smallest absolute Gasteiger partial charge is 0.354 e. The minimum Gasteiger partial charge on any atom is -0.477 e. The second-order valence-corrected chi connectivity index (χ2v) is 4.47. The lowest BCUT2D eigenvalue weighted by Gasteiger charge is -2.06. The van der Waals surface area contributed by atoms with E-state index in [2.05, 4.69) is 10.1 Å². The molecule has 3 rings (SSSR count). The minimum absolute atomic E-state index is 0.0543. The molecule has 20 heavy (non-hydrogen) atoms. The molecule has 0 spiro atoms. The number of aromatic nitrogens is 3. The van der Waals surface area contributed by atoms with E-state index in [1.165, 1.54) is 0 Å². The lowest BCUT2D eigenvalue weighted by molar-refractivity contribution is 0.0690. The first-order valence-electron chi connectivity index (χ1n) is 6.34. The van der Waals surface area contributed by atoms with Crippen LogP contribution in [0.3, 0.4) is 0 Å². The van der Waals surface area contributed by atoms with Crippen molar-refractivity contribution in [1.82, 2.24) is 14.8 Å². The third kappa shape index (κ3) is 2.03. The number of fused-ring (bicyclic) bond motifs is 1. The summed E-state index contributed by atoms with van der Waals surface area (Å²) in [5, 5.41) is 15.0. The van der Waals surface area contributed by atoms with Crippen LogP contribution < -0.4 is 0 Å². The Kier molecular flexibility index (Phi) is 2.95. The van der Waals surface area contributed by atoms with E-state index in [1.807, 2.05) is 35.9 Å². The zero-order valence-corrected chi connectivity index (χ0v) is 10.9. The molecule has 0 aliphatic heterocycles. The van der Waals surface area contributed by atoms with Gasteiger partial charge >= 0.3 is 5.97 Å². The molecular weight excluding hydrogens is 254 g/mol. The maximum atomic E-state index is 11.0. The van der Waals surface area contributed by atoms with Gasteiger partial charge in [0.05, 0.1) is 5.69 Å². The summed E-state index contributed by atoms with van der Waals surface area (Å²) in [7, 11) is 0. The van der Waals surface area contributed by atoms with Gasteiger partial charge in [-0.15, -0.1) is 0 Å². The second kappa shape index (κ2) is 4.77. The molecule has 5 heteroatoms. The molecule has 5 nitrogen and oxygen atoms in total. The van der Waals surface area contributed by atoms with Crippen LogP contribution in [0.1, 0.15) is 17.4 Å². The van der Waals surface area contributed by atoms with Crippen molar-refractivity contribution in [2.24, 2.45) is 0 Å². The molecule has 100 valence electrons. The fraction of sp³-hybridized carbons (Fsp3) is 0.133. The van der Waals surface area contributed by atoms with Crippen molar-refractivity contribution in [3.05, 3.63) is 48.4 Å². The first-order chi connectivity index (χ1) is 9.69. The van der Waals surface area contributed by atoms with Crippen molar-refractivity contribution >= 4 is 16.7 Å². The molecular formula is C15H13N3O2. The second-order valence-electron chi connectivity index (χ2n) is 4.47. The Labute approximate surface area is 115 Å². The minimum atomic E-state index is -1.02. The summed E-state index contributed by atoms with van der Waals surface area (Å²) < 4.78 is 1.90. The molecule has 1 N–H and O–H groups in total. The van der Waals surface area contributed by atoms with E-state index in [9.17, 15) is 4.79 Å². The molecule has 3 aromatic rings. The molecule has 0 bridgehead atoms. The van der Waals surface area contributed by atoms with Gasteiger partial charge in [-0.25, -0.2) is 9.78 Å². The predicted molar refractivity (Wildman–Crippen MR) is 75.6 cm³/mol. The zero-order valence-electron chi connectivity index (χ0n) is 10.9. The fourth-order valence-corrected chi connectivity index (χ4v) is 2.25. The maximum absolute atomic E-state index is 11.0. The van der Waals surface area contributed by atoms with Gasteiger partial charge in [-0.3, -0.25) is 4.68 Å². The van der Waals surface area contributed by atoms with Crippen molar-refractivity contribution in [1.29, 1.82) is 0 Å². The van der Waals surface area contributed by atoms with Gasteiger partial charge in [0.1, 0.15) is 5.69 Å². The summed E-state index contributed by atoms with van der Waals surface area (Å²) in [6.45, 7) is 2.82. The average Bonchev–Trinajstić information content (AvgIpc) is 2.94. The number of carboxylic acid groups (broad SMARTS) is 1. The first kappa shape index (κ1) is 12.3. The third-order valence-corrected chi connectivity index (χ3v) is 3.25. The van der Waals surface area contributed by atoms with Gasteiger partial charge in [0.2, 0.25) is 0 Å². The van der Waals surface area contributed by atoms with Gasteiger partial charge in [0, 0.05) is 29.9 Å². The number of aryl methyl sites for hydroxylation is 1. The van der Waals surface area contributed by atoms with Crippen molar-refractivity contribution in [3.63, 3.8) is 0 Å². The standard InChI is InChI=1S/C15H13N3O2/c1-2-18-14(5-6-17-18)10-3-4-11-9-16-13(15(19)20)8-12(11)7-10/h3-9H,2H2,1H3,(H,19,20). The van der Waals surface area contributed by atoms with Crippen LogP contribution in [0.4, 0.5) is 0 Å². The van der Waals surface area contributed by atoms with E-state index in [1.54, 1.807) is 18.5 Å². The molecule has 2 aromatic heterocycles. The molecule has 0 saturated heterocycles. The number of pyridine rings is 1. The highest BCUT2D eigenvalue weighted by atomic mass is 16.4. The largest absolute Gasteiger partial charge is 0.477 e. The number of benzene rings is 1. The van der Waals surface area contributed by atoms with E-state index < -0.39 is 5.97 Å². The van der Waals surface area contributed by atoms with Crippen LogP contribution in [-0.4, -0.2) is 25.8 Å². The first-order valence-corrected chi connectivity index (χ1v) is 6.34. The Balaban J connectivity index is 2.16. The molecule has 0 amide bonds. The van der Waals surface area contributed by atoms with Crippen molar-refractivity contribution < 1.29 is 9.90 Å². The number of nitrogens with zero attached hydrogens (tertiary/aromatic N) is 3. The summed E-state index contributed by atoms with van der Waals surface area (Å²) in [5.74, 6) is -1.02. The normalized spacial score (nSPS) is 10.8. The molecule has 0 unspecified atom stereocenters. The van der Waals surface area contributed by atoms with Crippen LogP contribution in [0.15, 0.2) is 42.7 Å². The SMILES string of the molecule is CCn1nccc1-c1ccc2cnc(C(=O)O)cc2c1. The van der Waals surface area contributed by atoms with E-state index in [4.69, 9.17) is 5.11 Å². The van der Waals surface area contributed by atoms with E-state index >= 15 is 0 Å². The van der Waals surface area contributed by atoms with Crippen LogP contribution in [0, 0.1) is 0 Å². The van der Waals surface area contributed by atoms with Gasteiger partial charge in [-0.1, -0.05) is 12.1 Å². The highest BCUT2D eigenvalue weighted by molar-refractivity contribution is 5.93. The summed E-state index contributed by atoms with van der Waals surface area (Å²) in [4.78, 5) is 14.9.